The zero-order valence-corrected chi connectivity index (χ0v) is 22.4. The number of amides is 1. The summed E-state index contributed by atoms with van der Waals surface area (Å²) in [5, 5.41) is 4.18. The molecular formula is C30H33N3O3S. The van der Waals surface area contributed by atoms with Gasteiger partial charge in [-0.1, -0.05) is 30.3 Å². The topological polar surface area (TPSA) is 61.9 Å². The number of aryl methyl sites for hydroxylation is 1. The second kappa shape index (κ2) is 12.5. The number of ether oxygens (including phenoxy) is 1. The Kier molecular flexibility index (Phi) is 8.90. The average Bonchev–Trinajstić information content (AvgIpc) is 2.93. The van der Waals surface area contributed by atoms with E-state index >= 15 is 0 Å². The molecule has 0 unspecified atom stereocenters. The van der Waals surface area contributed by atoms with Gasteiger partial charge in [0.25, 0.3) is 0 Å². The van der Waals surface area contributed by atoms with E-state index in [1.165, 1.54) is 11.8 Å². The Balaban J connectivity index is 1.36. The second-order valence-electron chi connectivity index (χ2n) is 8.99. The number of ketones is 1. The van der Waals surface area contributed by atoms with E-state index in [1.54, 1.807) is 25.1 Å². The SMILES string of the molecule is CS/C(=C\C(=O)c1ccc(OCc2ccccc2)cc1)Nc1ccc(N2CCN(C(C)=O)CC2)cc1C. The van der Waals surface area contributed by atoms with Crippen molar-refractivity contribution in [3.05, 3.63) is 101 Å². The van der Waals surface area contributed by atoms with Crippen LogP contribution < -0.4 is 15.0 Å². The second-order valence-corrected chi connectivity index (χ2v) is 9.84. The van der Waals surface area contributed by atoms with Crippen molar-refractivity contribution < 1.29 is 14.3 Å². The van der Waals surface area contributed by atoms with E-state index in [9.17, 15) is 9.59 Å². The fraction of sp³-hybridized carbons (Fsp3) is 0.267. The van der Waals surface area contributed by atoms with Crippen LogP contribution in [0.1, 0.15) is 28.4 Å². The van der Waals surface area contributed by atoms with Gasteiger partial charge < -0.3 is 19.9 Å². The average molecular weight is 516 g/mol. The van der Waals surface area contributed by atoms with Crippen molar-refractivity contribution in [2.75, 3.05) is 42.7 Å². The monoisotopic (exact) mass is 515 g/mol. The van der Waals surface area contributed by atoms with Gasteiger partial charge in [-0.15, -0.1) is 11.8 Å². The van der Waals surface area contributed by atoms with Gasteiger partial charge in [0, 0.05) is 56.1 Å². The predicted molar refractivity (Wildman–Crippen MR) is 152 cm³/mol. The van der Waals surface area contributed by atoms with Gasteiger partial charge in [-0.3, -0.25) is 9.59 Å². The van der Waals surface area contributed by atoms with Crippen molar-refractivity contribution in [3.8, 4) is 5.75 Å². The Morgan fingerprint density at radius 3 is 2.30 bits per heavy atom. The van der Waals surface area contributed by atoms with Crippen molar-refractivity contribution in [2.24, 2.45) is 0 Å². The number of anilines is 2. The number of thioether (sulfide) groups is 1. The van der Waals surface area contributed by atoms with Crippen LogP contribution in [-0.4, -0.2) is 49.0 Å². The largest absolute Gasteiger partial charge is 0.489 e. The Bertz CT molecular complexity index is 1250. The van der Waals surface area contributed by atoms with Crippen LogP contribution in [0.15, 0.2) is 83.9 Å². The molecular weight excluding hydrogens is 482 g/mol. The van der Waals surface area contributed by atoms with Crippen molar-refractivity contribution >= 4 is 34.8 Å². The Morgan fingerprint density at radius 1 is 0.973 bits per heavy atom. The van der Waals surface area contributed by atoms with Crippen molar-refractivity contribution in [3.63, 3.8) is 0 Å². The smallest absolute Gasteiger partial charge is 0.219 e. The number of carbonyl (C=O) groups excluding carboxylic acids is 2. The highest BCUT2D eigenvalue weighted by Crippen LogP contribution is 2.27. The van der Waals surface area contributed by atoms with Crippen LogP contribution in [0.4, 0.5) is 11.4 Å². The highest BCUT2D eigenvalue weighted by Gasteiger charge is 2.19. The Hall–Kier alpha value is -3.71. The number of allylic oxidation sites excluding steroid dienone is 1. The molecule has 1 fully saturated rings. The number of hydrogen-bond donors (Lipinski definition) is 1. The molecule has 1 aliphatic heterocycles. The first kappa shape index (κ1) is 26.4. The van der Waals surface area contributed by atoms with Crippen LogP contribution in [0.2, 0.25) is 0 Å². The van der Waals surface area contributed by atoms with Gasteiger partial charge in [-0.2, -0.15) is 0 Å². The maximum absolute atomic E-state index is 12.9. The normalized spacial score (nSPS) is 13.9. The lowest BCUT2D eigenvalue weighted by atomic mass is 10.1. The molecule has 1 amide bonds. The molecule has 192 valence electrons. The van der Waals surface area contributed by atoms with Crippen molar-refractivity contribution in [2.45, 2.75) is 20.5 Å². The van der Waals surface area contributed by atoms with Crippen LogP contribution in [0.3, 0.4) is 0 Å². The molecule has 1 heterocycles. The molecule has 0 bridgehead atoms. The minimum absolute atomic E-state index is 0.0657. The summed E-state index contributed by atoms with van der Waals surface area (Å²) in [7, 11) is 0. The molecule has 0 aliphatic carbocycles. The minimum Gasteiger partial charge on any atom is -0.489 e. The van der Waals surface area contributed by atoms with Crippen LogP contribution in [0.25, 0.3) is 0 Å². The maximum Gasteiger partial charge on any atom is 0.219 e. The number of rotatable bonds is 9. The first-order chi connectivity index (χ1) is 17.9. The van der Waals surface area contributed by atoms with Gasteiger partial charge in [-0.25, -0.2) is 0 Å². The van der Waals surface area contributed by atoms with E-state index in [-0.39, 0.29) is 11.7 Å². The molecule has 0 spiro atoms. The van der Waals surface area contributed by atoms with Crippen LogP contribution in [0, 0.1) is 6.92 Å². The number of hydrogen-bond acceptors (Lipinski definition) is 6. The van der Waals surface area contributed by atoms with E-state index in [0.29, 0.717) is 12.2 Å². The zero-order chi connectivity index (χ0) is 26.2. The summed E-state index contributed by atoms with van der Waals surface area (Å²) in [6.07, 6.45) is 3.59. The quantitative estimate of drug-likeness (QED) is 0.290. The third-order valence-electron chi connectivity index (χ3n) is 6.43. The standard InChI is InChI=1S/C30H33N3O3S/c1-22-19-26(33-17-15-32(16-18-33)23(2)34)11-14-28(22)31-30(37-3)20-29(35)25-9-12-27(13-10-25)36-21-24-7-5-4-6-8-24/h4-14,19-20,31H,15-18,21H2,1-3H3/b30-20-. The van der Waals surface area contributed by atoms with Crippen LogP contribution >= 0.6 is 11.8 Å². The Labute approximate surface area is 223 Å². The molecule has 0 aromatic heterocycles. The summed E-state index contributed by atoms with van der Waals surface area (Å²) in [6, 6.07) is 23.5. The van der Waals surface area contributed by atoms with Crippen molar-refractivity contribution in [1.82, 2.24) is 4.90 Å². The molecule has 4 rings (SSSR count). The molecule has 3 aromatic rings. The first-order valence-corrected chi connectivity index (χ1v) is 13.6. The van der Waals surface area contributed by atoms with Gasteiger partial charge in [0.1, 0.15) is 12.4 Å². The third-order valence-corrected chi connectivity index (χ3v) is 7.09. The highest BCUT2D eigenvalue weighted by atomic mass is 32.2. The van der Waals surface area contributed by atoms with E-state index in [4.69, 9.17) is 4.74 Å². The molecule has 1 N–H and O–H groups in total. The number of carbonyl (C=O) groups is 2. The lowest BCUT2D eigenvalue weighted by molar-refractivity contribution is -0.129. The summed E-state index contributed by atoms with van der Waals surface area (Å²) in [6.45, 7) is 7.32. The van der Waals surface area contributed by atoms with E-state index in [2.05, 4.69) is 35.3 Å². The predicted octanol–water partition coefficient (Wildman–Crippen LogP) is 5.74. The molecule has 3 aromatic carbocycles. The first-order valence-electron chi connectivity index (χ1n) is 12.4. The van der Waals surface area contributed by atoms with Crippen LogP contribution in [0.5, 0.6) is 5.75 Å². The number of piperazine rings is 1. The summed E-state index contributed by atoms with van der Waals surface area (Å²) in [5.41, 5.74) is 4.91. The molecule has 0 radical (unpaired) electrons. The van der Waals surface area contributed by atoms with E-state index in [0.717, 1.165) is 59.5 Å². The summed E-state index contributed by atoms with van der Waals surface area (Å²) < 4.78 is 5.83. The molecule has 0 atom stereocenters. The van der Waals surface area contributed by atoms with Crippen molar-refractivity contribution in [1.29, 1.82) is 0 Å². The van der Waals surface area contributed by atoms with Gasteiger partial charge in [0.2, 0.25) is 5.91 Å². The molecule has 6 nitrogen and oxygen atoms in total. The number of nitrogens with zero attached hydrogens (tertiary/aromatic N) is 2. The fourth-order valence-electron chi connectivity index (χ4n) is 4.20. The van der Waals surface area contributed by atoms with Gasteiger partial charge in [0.15, 0.2) is 5.78 Å². The Morgan fingerprint density at radius 2 is 1.68 bits per heavy atom. The lowest BCUT2D eigenvalue weighted by Gasteiger charge is -2.36. The van der Waals surface area contributed by atoms with Gasteiger partial charge >= 0.3 is 0 Å². The zero-order valence-electron chi connectivity index (χ0n) is 21.6. The highest BCUT2D eigenvalue weighted by molar-refractivity contribution is 8.02. The fourth-order valence-corrected chi connectivity index (χ4v) is 4.64. The lowest BCUT2D eigenvalue weighted by Crippen LogP contribution is -2.48. The van der Waals surface area contributed by atoms with Gasteiger partial charge in [-0.05, 0) is 66.8 Å². The molecule has 7 heteroatoms. The van der Waals surface area contributed by atoms with E-state index < -0.39 is 0 Å². The van der Waals surface area contributed by atoms with Crippen LogP contribution in [-0.2, 0) is 11.4 Å². The van der Waals surface area contributed by atoms with E-state index in [1.807, 2.05) is 53.6 Å². The minimum atomic E-state index is -0.0657. The molecule has 0 saturated carbocycles. The maximum atomic E-state index is 12.9. The number of benzene rings is 3. The molecule has 1 aliphatic rings. The summed E-state index contributed by atoms with van der Waals surface area (Å²) >= 11 is 1.50. The van der Waals surface area contributed by atoms with Gasteiger partial charge in [0.05, 0.1) is 5.03 Å². The number of nitrogens with one attached hydrogen (secondary N) is 1. The summed E-state index contributed by atoms with van der Waals surface area (Å²) in [5.74, 6) is 0.795. The molecule has 37 heavy (non-hydrogen) atoms. The summed E-state index contributed by atoms with van der Waals surface area (Å²) in [4.78, 5) is 28.7. The molecule has 1 saturated heterocycles. The third kappa shape index (κ3) is 7.17.